The molecule has 0 bridgehead atoms. The van der Waals surface area contributed by atoms with Gasteiger partial charge in [-0.3, -0.25) is 14.6 Å². The molecule has 0 amide bonds. The Bertz CT molecular complexity index is 897. The molecule has 1 atom stereocenters. The molecule has 1 fully saturated rings. The summed E-state index contributed by atoms with van der Waals surface area (Å²) in [4.78, 5) is 11.3. The topological polar surface area (TPSA) is 56.1 Å². The molecule has 0 N–H and O–H groups in total. The van der Waals surface area contributed by atoms with Crippen molar-refractivity contribution in [2.45, 2.75) is 26.0 Å². The lowest BCUT2D eigenvalue weighted by atomic mass is 10.1. The van der Waals surface area contributed by atoms with Crippen LogP contribution in [-0.4, -0.2) is 57.0 Å². The summed E-state index contributed by atoms with van der Waals surface area (Å²) in [6, 6.07) is 5.64. The molecule has 1 unspecified atom stereocenters. The zero-order valence-corrected chi connectivity index (χ0v) is 15.6. The number of morpholine rings is 1. The largest absolute Gasteiger partial charge is 0.376 e. The van der Waals surface area contributed by atoms with E-state index in [0.29, 0.717) is 11.3 Å². The lowest BCUT2D eigenvalue weighted by Crippen LogP contribution is -2.41. The molecule has 1 saturated heterocycles. The van der Waals surface area contributed by atoms with Crippen LogP contribution >= 0.6 is 11.6 Å². The molecule has 4 heterocycles. The predicted octanol–water partition coefficient (Wildman–Crippen LogP) is 3.26. The highest BCUT2D eigenvalue weighted by Gasteiger charge is 2.15. The molecular weight excluding hydrogens is 350 g/mol. The molecule has 1 aliphatic rings. The van der Waals surface area contributed by atoms with Crippen molar-refractivity contribution in [1.29, 1.82) is 0 Å². The Balaban J connectivity index is 1.39. The molecule has 136 valence electrons. The first-order chi connectivity index (χ1) is 12.7. The Hall–Kier alpha value is -2.02. The van der Waals surface area contributed by atoms with Crippen LogP contribution in [0.25, 0.3) is 22.2 Å². The third kappa shape index (κ3) is 4.03. The van der Waals surface area contributed by atoms with Crippen LogP contribution in [0.2, 0.25) is 5.15 Å². The second-order valence-corrected chi connectivity index (χ2v) is 7.11. The van der Waals surface area contributed by atoms with E-state index in [9.17, 15) is 0 Å². The van der Waals surface area contributed by atoms with Crippen LogP contribution in [0.15, 0.2) is 36.8 Å². The van der Waals surface area contributed by atoms with Crippen LogP contribution in [0.5, 0.6) is 0 Å². The molecule has 1 aliphatic heterocycles. The van der Waals surface area contributed by atoms with Gasteiger partial charge in [0.25, 0.3) is 0 Å². The Kier molecular flexibility index (Phi) is 5.15. The average Bonchev–Trinajstić information content (AvgIpc) is 3.10. The summed E-state index contributed by atoms with van der Waals surface area (Å²) >= 11 is 5.98. The van der Waals surface area contributed by atoms with E-state index in [2.05, 4.69) is 33.1 Å². The molecule has 4 rings (SSSR count). The fourth-order valence-electron chi connectivity index (χ4n) is 3.32. The van der Waals surface area contributed by atoms with Gasteiger partial charge in [0, 0.05) is 49.7 Å². The number of halogens is 1. The lowest BCUT2D eigenvalue weighted by Gasteiger charge is -2.30. The predicted molar refractivity (Wildman–Crippen MR) is 102 cm³/mol. The fraction of sp³-hybridized carbons (Fsp3) is 0.421. The third-order valence-electron chi connectivity index (χ3n) is 4.66. The summed E-state index contributed by atoms with van der Waals surface area (Å²) in [5.41, 5.74) is 3.68. The van der Waals surface area contributed by atoms with Crippen molar-refractivity contribution in [2.24, 2.45) is 0 Å². The minimum atomic E-state index is 0.336. The molecule has 6 nitrogen and oxygen atoms in total. The van der Waals surface area contributed by atoms with E-state index in [4.69, 9.17) is 16.3 Å². The van der Waals surface area contributed by atoms with E-state index < -0.39 is 0 Å². The Morgan fingerprint density at radius 1 is 1.19 bits per heavy atom. The Labute approximate surface area is 157 Å². The highest BCUT2D eigenvalue weighted by atomic mass is 35.5. The number of aromatic nitrogens is 4. The summed E-state index contributed by atoms with van der Waals surface area (Å²) < 4.78 is 7.58. The zero-order chi connectivity index (χ0) is 17.9. The van der Waals surface area contributed by atoms with E-state index in [0.717, 1.165) is 61.4 Å². The first-order valence-electron chi connectivity index (χ1n) is 8.96. The van der Waals surface area contributed by atoms with Gasteiger partial charge in [0.05, 0.1) is 29.9 Å². The smallest absolute Gasteiger partial charge is 0.129 e. The first-order valence-corrected chi connectivity index (χ1v) is 9.34. The van der Waals surface area contributed by atoms with Gasteiger partial charge in [-0.25, -0.2) is 4.98 Å². The van der Waals surface area contributed by atoms with Crippen LogP contribution in [0, 0.1) is 0 Å². The van der Waals surface area contributed by atoms with Crippen molar-refractivity contribution < 1.29 is 4.74 Å². The van der Waals surface area contributed by atoms with E-state index in [1.54, 1.807) is 6.07 Å². The van der Waals surface area contributed by atoms with Crippen LogP contribution in [0.4, 0.5) is 0 Å². The number of hydrogen-bond acceptors (Lipinski definition) is 5. The number of hydrogen-bond donors (Lipinski definition) is 0. The van der Waals surface area contributed by atoms with E-state index in [-0.39, 0.29) is 0 Å². The lowest BCUT2D eigenvalue weighted by molar-refractivity contribution is -0.0188. The number of pyridine rings is 2. The third-order valence-corrected chi connectivity index (χ3v) is 4.87. The van der Waals surface area contributed by atoms with Gasteiger partial charge in [0.1, 0.15) is 5.15 Å². The molecular formula is C19H22ClN5O. The summed E-state index contributed by atoms with van der Waals surface area (Å²) in [5.74, 6) is 0. The van der Waals surface area contributed by atoms with Crippen LogP contribution in [-0.2, 0) is 11.3 Å². The van der Waals surface area contributed by atoms with E-state index >= 15 is 0 Å². The maximum absolute atomic E-state index is 5.98. The van der Waals surface area contributed by atoms with Gasteiger partial charge in [-0.05, 0) is 31.5 Å². The average molecular weight is 372 g/mol. The minimum absolute atomic E-state index is 0.336. The number of fused-ring (bicyclic) bond motifs is 1. The standard InChI is InChI=1S/C19H22ClN5O/c1-14-12-24(7-8-26-14)5-2-6-25-13-16(11-22-25)15-9-18-17(21-10-15)3-4-19(20)23-18/h3-4,9-11,13-14H,2,5-8,12H2,1H3. The van der Waals surface area contributed by atoms with Gasteiger partial charge in [-0.2, -0.15) is 5.10 Å². The molecule has 26 heavy (non-hydrogen) atoms. The molecule has 0 aromatic carbocycles. The van der Waals surface area contributed by atoms with Crippen molar-refractivity contribution in [3.05, 3.63) is 41.9 Å². The normalized spacial score (nSPS) is 18.5. The fourth-order valence-corrected chi connectivity index (χ4v) is 3.48. The van der Waals surface area contributed by atoms with Gasteiger partial charge < -0.3 is 4.74 Å². The molecule has 7 heteroatoms. The second kappa shape index (κ2) is 7.70. The number of rotatable bonds is 5. The molecule has 0 saturated carbocycles. The highest BCUT2D eigenvalue weighted by Crippen LogP contribution is 2.22. The first kappa shape index (κ1) is 17.4. The number of ether oxygens (including phenoxy) is 1. The molecule has 0 spiro atoms. The monoisotopic (exact) mass is 371 g/mol. The number of nitrogens with zero attached hydrogens (tertiary/aromatic N) is 5. The molecule has 0 aliphatic carbocycles. The van der Waals surface area contributed by atoms with Crippen molar-refractivity contribution in [2.75, 3.05) is 26.2 Å². The molecule has 3 aromatic rings. The van der Waals surface area contributed by atoms with Crippen molar-refractivity contribution in [3.8, 4) is 11.1 Å². The van der Waals surface area contributed by atoms with E-state index in [1.807, 2.05) is 29.2 Å². The second-order valence-electron chi connectivity index (χ2n) is 6.72. The van der Waals surface area contributed by atoms with E-state index in [1.165, 1.54) is 0 Å². The Morgan fingerprint density at radius 2 is 2.12 bits per heavy atom. The Morgan fingerprint density at radius 3 is 3.00 bits per heavy atom. The summed E-state index contributed by atoms with van der Waals surface area (Å²) in [5, 5.41) is 4.96. The molecule has 0 radical (unpaired) electrons. The van der Waals surface area contributed by atoms with Crippen LogP contribution < -0.4 is 0 Å². The van der Waals surface area contributed by atoms with Gasteiger partial charge in [0.2, 0.25) is 0 Å². The minimum Gasteiger partial charge on any atom is -0.376 e. The SMILES string of the molecule is CC1CN(CCCn2cc(-c3cnc4ccc(Cl)nc4c3)cn2)CCO1. The van der Waals surface area contributed by atoms with Crippen LogP contribution in [0.1, 0.15) is 13.3 Å². The van der Waals surface area contributed by atoms with Gasteiger partial charge >= 0.3 is 0 Å². The number of aryl methyl sites for hydroxylation is 1. The maximum Gasteiger partial charge on any atom is 0.129 e. The highest BCUT2D eigenvalue weighted by molar-refractivity contribution is 6.29. The molecule has 3 aromatic heterocycles. The van der Waals surface area contributed by atoms with Crippen LogP contribution in [0.3, 0.4) is 0 Å². The zero-order valence-electron chi connectivity index (χ0n) is 14.8. The summed E-state index contributed by atoms with van der Waals surface area (Å²) in [6.45, 7) is 6.97. The van der Waals surface area contributed by atoms with Gasteiger partial charge in [-0.1, -0.05) is 11.6 Å². The van der Waals surface area contributed by atoms with Crippen molar-refractivity contribution in [1.82, 2.24) is 24.6 Å². The van der Waals surface area contributed by atoms with Gasteiger partial charge in [-0.15, -0.1) is 0 Å². The van der Waals surface area contributed by atoms with Gasteiger partial charge in [0.15, 0.2) is 0 Å². The maximum atomic E-state index is 5.98. The van der Waals surface area contributed by atoms with Crippen molar-refractivity contribution in [3.63, 3.8) is 0 Å². The quantitative estimate of drug-likeness (QED) is 0.644. The summed E-state index contributed by atoms with van der Waals surface area (Å²) in [6.07, 6.45) is 7.21. The summed E-state index contributed by atoms with van der Waals surface area (Å²) in [7, 11) is 0. The van der Waals surface area contributed by atoms with Crippen molar-refractivity contribution >= 4 is 22.6 Å².